The molecular weight excluding hydrogens is 304 g/mol. The molecule has 0 aromatic carbocycles. The summed E-state index contributed by atoms with van der Waals surface area (Å²) in [5, 5.41) is 1.99. The predicted octanol–water partition coefficient (Wildman–Crippen LogP) is 4.67. The summed E-state index contributed by atoms with van der Waals surface area (Å²) in [6, 6.07) is 4.03. The number of rotatable bonds is 3. The minimum absolute atomic E-state index is 0.150. The van der Waals surface area contributed by atoms with Gasteiger partial charge >= 0.3 is 0 Å². The Kier molecular flexibility index (Phi) is 3.62. The molecule has 0 N–H and O–H groups in total. The monoisotopic (exact) mass is 314 g/mol. The Morgan fingerprint density at radius 1 is 1.44 bits per heavy atom. The third kappa shape index (κ3) is 2.14. The van der Waals surface area contributed by atoms with Crippen LogP contribution >= 0.6 is 38.6 Å². The Balaban J connectivity index is 2.43. The molecule has 0 fully saturated rings. The quantitative estimate of drug-likeness (QED) is 0.752. The molecule has 0 bridgehead atoms. The van der Waals surface area contributed by atoms with Gasteiger partial charge in [0.1, 0.15) is 0 Å². The highest BCUT2D eigenvalue weighted by Crippen LogP contribution is 2.31. The summed E-state index contributed by atoms with van der Waals surface area (Å²) in [6.45, 7) is 4.09. The summed E-state index contributed by atoms with van der Waals surface area (Å²) in [6.07, 6.45) is 0.909. The molecule has 2 rings (SSSR count). The van der Waals surface area contributed by atoms with Gasteiger partial charge in [0, 0.05) is 9.35 Å². The molecule has 84 valence electrons. The molecule has 0 radical (unpaired) electrons. The number of carbonyl (C=O) groups excluding carboxylic acids is 1. The van der Waals surface area contributed by atoms with Gasteiger partial charge in [-0.1, -0.05) is 6.92 Å². The largest absolute Gasteiger partial charge is 0.287 e. The van der Waals surface area contributed by atoms with Crippen molar-refractivity contribution in [1.29, 1.82) is 0 Å². The minimum atomic E-state index is 0.150. The van der Waals surface area contributed by atoms with Crippen LogP contribution in [0, 0.1) is 6.92 Å². The Morgan fingerprint density at radius 3 is 2.75 bits per heavy atom. The van der Waals surface area contributed by atoms with Crippen molar-refractivity contribution in [2.45, 2.75) is 20.3 Å². The molecule has 0 unspecified atom stereocenters. The van der Waals surface area contributed by atoms with Crippen molar-refractivity contribution in [1.82, 2.24) is 0 Å². The number of thiophene rings is 2. The number of halogens is 1. The summed E-state index contributed by atoms with van der Waals surface area (Å²) >= 11 is 6.53. The van der Waals surface area contributed by atoms with Crippen LogP contribution in [0.25, 0.3) is 0 Å². The lowest BCUT2D eigenvalue weighted by Gasteiger charge is -1.99. The van der Waals surface area contributed by atoms with Gasteiger partial charge in [0.25, 0.3) is 0 Å². The lowest BCUT2D eigenvalue weighted by molar-refractivity contribution is 0.104. The molecule has 2 aromatic rings. The summed E-state index contributed by atoms with van der Waals surface area (Å²) in [4.78, 5) is 15.2. The van der Waals surface area contributed by atoms with Gasteiger partial charge in [-0.3, -0.25) is 4.79 Å². The molecule has 4 heteroatoms. The molecule has 0 saturated carbocycles. The van der Waals surface area contributed by atoms with E-state index in [4.69, 9.17) is 0 Å². The highest BCUT2D eigenvalue weighted by Gasteiger charge is 2.18. The second-order valence-corrected chi connectivity index (χ2v) is 6.52. The van der Waals surface area contributed by atoms with Gasteiger partial charge < -0.3 is 0 Å². The molecule has 0 atom stereocenters. The second kappa shape index (κ2) is 4.82. The van der Waals surface area contributed by atoms with Gasteiger partial charge in [-0.2, -0.15) is 0 Å². The van der Waals surface area contributed by atoms with Crippen LogP contribution in [-0.2, 0) is 6.42 Å². The van der Waals surface area contributed by atoms with Crippen LogP contribution in [0.1, 0.15) is 31.9 Å². The van der Waals surface area contributed by atoms with E-state index in [9.17, 15) is 4.79 Å². The molecule has 0 aliphatic heterocycles. The zero-order valence-electron chi connectivity index (χ0n) is 9.04. The van der Waals surface area contributed by atoms with Crippen LogP contribution in [0.2, 0.25) is 0 Å². The van der Waals surface area contributed by atoms with Crippen molar-refractivity contribution in [2.75, 3.05) is 0 Å². The molecule has 0 aliphatic rings. The van der Waals surface area contributed by atoms with Gasteiger partial charge in [0.05, 0.1) is 9.75 Å². The topological polar surface area (TPSA) is 17.1 Å². The number of hydrogen-bond donors (Lipinski definition) is 0. The Hall–Kier alpha value is -0.450. The van der Waals surface area contributed by atoms with Crippen LogP contribution in [0.3, 0.4) is 0 Å². The average molecular weight is 315 g/mol. The molecular formula is C12H11BrOS2. The number of ketones is 1. The van der Waals surface area contributed by atoms with Crippen LogP contribution in [0.15, 0.2) is 22.0 Å². The first kappa shape index (κ1) is 12.0. The minimum Gasteiger partial charge on any atom is -0.287 e. The molecule has 0 aliphatic carbocycles. The van der Waals surface area contributed by atoms with Crippen molar-refractivity contribution < 1.29 is 4.79 Å². The molecule has 1 nitrogen and oxygen atoms in total. The first-order valence-corrected chi connectivity index (χ1v) is 7.49. The van der Waals surface area contributed by atoms with Crippen molar-refractivity contribution >= 4 is 44.4 Å². The fourth-order valence-electron chi connectivity index (χ4n) is 1.55. The van der Waals surface area contributed by atoms with Crippen molar-refractivity contribution in [2.24, 2.45) is 0 Å². The number of hydrogen-bond acceptors (Lipinski definition) is 3. The van der Waals surface area contributed by atoms with Crippen molar-refractivity contribution in [3.8, 4) is 0 Å². The normalized spacial score (nSPS) is 10.7. The Labute approximate surface area is 111 Å². The smallest absolute Gasteiger partial charge is 0.214 e. The predicted molar refractivity (Wildman–Crippen MR) is 73.9 cm³/mol. The van der Waals surface area contributed by atoms with Crippen LogP contribution in [0.4, 0.5) is 0 Å². The summed E-state index contributed by atoms with van der Waals surface area (Å²) in [7, 11) is 0. The maximum absolute atomic E-state index is 12.3. The number of carbonyl (C=O) groups is 1. The third-order valence-corrected chi connectivity index (χ3v) is 5.24. The maximum atomic E-state index is 12.3. The van der Waals surface area contributed by atoms with Crippen molar-refractivity contribution in [3.63, 3.8) is 0 Å². The number of aryl methyl sites for hydroxylation is 2. The zero-order chi connectivity index (χ0) is 11.7. The Bertz CT molecular complexity index is 525. The highest BCUT2D eigenvalue weighted by molar-refractivity contribution is 9.10. The van der Waals surface area contributed by atoms with Crippen LogP contribution < -0.4 is 0 Å². The summed E-state index contributed by atoms with van der Waals surface area (Å²) in [5.41, 5.74) is 1.15. The summed E-state index contributed by atoms with van der Waals surface area (Å²) in [5.74, 6) is 0.150. The Morgan fingerprint density at radius 2 is 2.19 bits per heavy atom. The van der Waals surface area contributed by atoms with E-state index >= 15 is 0 Å². The third-order valence-electron chi connectivity index (χ3n) is 2.35. The van der Waals surface area contributed by atoms with Gasteiger partial charge in [-0.15, -0.1) is 22.7 Å². The molecule has 0 amide bonds. The molecule has 16 heavy (non-hydrogen) atoms. The lowest BCUT2D eigenvalue weighted by atomic mass is 10.1. The van der Waals surface area contributed by atoms with Gasteiger partial charge in [0.2, 0.25) is 5.78 Å². The molecule has 0 saturated heterocycles. The zero-order valence-corrected chi connectivity index (χ0v) is 12.3. The summed E-state index contributed by atoms with van der Waals surface area (Å²) < 4.78 is 0.912. The molecule has 2 heterocycles. The standard InChI is InChI=1S/C12H11BrOS2/c1-3-8-4-5-15-11(8)10(14)12-9(13)6-7(2)16-12/h4-6H,3H2,1-2H3. The van der Waals surface area contributed by atoms with E-state index in [1.807, 2.05) is 24.4 Å². The molecule has 0 spiro atoms. The highest BCUT2D eigenvalue weighted by atomic mass is 79.9. The van der Waals surface area contributed by atoms with Crippen LogP contribution in [0.5, 0.6) is 0 Å². The lowest BCUT2D eigenvalue weighted by Crippen LogP contribution is -1.99. The van der Waals surface area contributed by atoms with Gasteiger partial charge in [0.15, 0.2) is 0 Å². The SMILES string of the molecule is CCc1ccsc1C(=O)c1sc(C)cc1Br. The van der Waals surface area contributed by atoms with E-state index in [-0.39, 0.29) is 5.78 Å². The van der Waals surface area contributed by atoms with E-state index in [0.29, 0.717) is 0 Å². The maximum Gasteiger partial charge on any atom is 0.214 e. The van der Waals surface area contributed by atoms with Gasteiger partial charge in [-0.05, 0) is 52.4 Å². The fourth-order valence-corrected chi connectivity index (χ4v) is 4.33. The van der Waals surface area contributed by atoms with Gasteiger partial charge in [-0.25, -0.2) is 0 Å². The first-order valence-electron chi connectivity index (χ1n) is 5.00. The second-order valence-electron chi connectivity index (χ2n) is 3.49. The van der Waals surface area contributed by atoms with E-state index in [1.54, 1.807) is 11.3 Å². The van der Waals surface area contributed by atoms with E-state index < -0.39 is 0 Å². The van der Waals surface area contributed by atoms with E-state index in [1.165, 1.54) is 11.3 Å². The molecule has 2 aromatic heterocycles. The fraction of sp³-hybridized carbons (Fsp3) is 0.250. The van der Waals surface area contributed by atoms with E-state index in [0.717, 1.165) is 31.1 Å². The van der Waals surface area contributed by atoms with Crippen LogP contribution in [-0.4, -0.2) is 5.78 Å². The first-order chi connectivity index (χ1) is 7.63. The average Bonchev–Trinajstić information content (AvgIpc) is 2.83. The van der Waals surface area contributed by atoms with E-state index in [2.05, 4.69) is 22.9 Å². The van der Waals surface area contributed by atoms with Crippen molar-refractivity contribution in [3.05, 3.63) is 42.2 Å².